The Morgan fingerprint density at radius 1 is 1.11 bits per heavy atom. The van der Waals surface area contributed by atoms with Gasteiger partial charge in [0.05, 0.1) is 49.5 Å². The van der Waals surface area contributed by atoms with Crippen molar-refractivity contribution in [3.63, 3.8) is 0 Å². The monoisotopic (exact) mass is 381 g/mol. The molecule has 0 bridgehead atoms. The number of halogens is 1. The lowest BCUT2D eigenvalue weighted by Gasteiger charge is -2.43. The van der Waals surface area contributed by atoms with Crippen molar-refractivity contribution in [2.75, 3.05) is 5.32 Å². The summed E-state index contributed by atoms with van der Waals surface area (Å²) in [6, 6.07) is 8.01. The van der Waals surface area contributed by atoms with E-state index in [1.807, 2.05) is 0 Å². The van der Waals surface area contributed by atoms with Crippen molar-refractivity contribution in [1.29, 1.82) is 0 Å². The predicted octanol–water partition coefficient (Wildman–Crippen LogP) is 1.41. The van der Waals surface area contributed by atoms with Crippen LogP contribution >= 0.6 is 11.6 Å². The molecule has 2 aromatic heterocycles. The maximum Gasteiger partial charge on any atom is 0.214 e. The molecule has 0 aliphatic heterocycles. The topological polar surface area (TPSA) is 83.6 Å². The molecule has 130 valence electrons. The molecule has 2 heterocycles. The molecule has 0 fully saturated rings. The molecule has 0 aliphatic rings. The molecule has 0 spiro atoms. The van der Waals surface area contributed by atoms with Crippen LogP contribution in [-0.2, 0) is 10.0 Å². The van der Waals surface area contributed by atoms with Crippen molar-refractivity contribution in [2.45, 2.75) is 17.4 Å². The number of benzene rings is 1. The minimum absolute atomic E-state index is 0.240. The van der Waals surface area contributed by atoms with Crippen molar-refractivity contribution < 1.29 is 4.79 Å². The van der Waals surface area contributed by atoms with Crippen LogP contribution in [0.1, 0.15) is 11.1 Å². The van der Waals surface area contributed by atoms with Gasteiger partial charge in [0.2, 0.25) is 5.91 Å². The van der Waals surface area contributed by atoms with Gasteiger partial charge in [-0.05, 0) is 30.3 Å². The van der Waals surface area contributed by atoms with Gasteiger partial charge in [0, 0.05) is 16.1 Å². The maximum absolute atomic E-state index is 12.8. The Balaban J connectivity index is 1.86. The number of hydrogen-bond acceptors (Lipinski definition) is 4. The van der Waals surface area contributed by atoms with Gasteiger partial charge in [0.1, 0.15) is 0 Å². The van der Waals surface area contributed by atoms with Gasteiger partial charge in [-0.1, -0.05) is 34.5 Å². The number of anilines is 1. The molecular formula is C17H12B4ClN5O. The fraction of sp³-hybridized carbons (Fsp3) is 0.176. The number of amides is 1. The summed E-state index contributed by atoms with van der Waals surface area (Å²) < 4.78 is 0. The number of nitrogens with one attached hydrogen (secondary N) is 2. The Labute approximate surface area is 172 Å². The lowest BCUT2D eigenvalue weighted by molar-refractivity contribution is -0.117. The number of rotatable bonds is 5. The molecule has 3 rings (SSSR count). The Bertz CT molecular complexity index is 993. The van der Waals surface area contributed by atoms with E-state index < -0.39 is 16.3 Å². The number of aromatic amines is 1. The van der Waals surface area contributed by atoms with Crippen LogP contribution in [0.15, 0.2) is 42.7 Å². The zero-order valence-electron chi connectivity index (χ0n) is 15.0. The molecule has 1 aromatic carbocycles. The van der Waals surface area contributed by atoms with E-state index in [1.165, 1.54) is 0 Å². The van der Waals surface area contributed by atoms with E-state index in [2.05, 4.69) is 25.7 Å². The predicted molar refractivity (Wildman–Crippen MR) is 112 cm³/mol. The molecule has 6 nitrogen and oxygen atoms in total. The minimum atomic E-state index is -2.15. The number of aromatic nitrogens is 4. The third kappa shape index (κ3) is 3.61. The normalized spacial score (nSPS) is 11.9. The number of carbonyl (C=O) groups excluding carboxylic acids is 1. The van der Waals surface area contributed by atoms with Crippen molar-refractivity contribution in [3.05, 3.63) is 58.9 Å². The van der Waals surface area contributed by atoms with Gasteiger partial charge < -0.3 is 5.32 Å². The first-order valence-corrected chi connectivity index (χ1v) is 8.57. The van der Waals surface area contributed by atoms with Crippen LogP contribution in [0, 0.1) is 6.92 Å². The van der Waals surface area contributed by atoms with Gasteiger partial charge in [-0.3, -0.25) is 9.89 Å². The number of carbonyl (C=O) groups is 1. The van der Waals surface area contributed by atoms with Crippen LogP contribution in [0.2, 0.25) is 10.2 Å². The summed E-state index contributed by atoms with van der Waals surface area (Å²) in [6.07, 6.45) is 3.11. The first-order valence-electron chi connectivity index (χ1n) is 8.19. The summed E-state index contributed by atoms with van der Waals surface area (Å²) in [5.41, 5.74) is 2.41. The van der Waals surface area contributed by atoms with Gasteiger partial charge in [0.15, 0.2) is 5.82 Å². The average Bonchev–Trinajstić information content (AvgIpc) is 3.03. The summed E-state index contributed by atoms with van der Waals surface area (Å²) in [6.45, 7) is 1.76. The van der Waals surface area contributed by atoms with Crippen LogP contribution in [0.3, 0.4) is 0 Å². The summed E-state index contributed by atoms with van der Waals surface area (Å²) in [7, 11) is 24.4. The zero-order chi connectivity index (χ0) is 20.5. The maximum atomic E-state index is 12.8. The Morgan fingerprint density at radius 2 is 1.79 bits per heavy atom. The molecule has 11 heteroatoms. The SMILES string of the molecule is [B]C([B])(C(=O)Nc1n[nH]c(-c2ccnnc2)c1C)C([B])([B])c1ccc(Cl)cc1. The summed E-state index contributed by atoms with van der Waals surface area (Å²) in [5, 5.41) is 13.5. The Morgan fingerprint density at radius 3 is 2.39 bits per heavy atom. The summed E-state index contributed by atoms with van der Waals surface area (Å²) >= 11 is 5.87. The number of nitrogens with zero attached hydrogens (tertiary/aromatic N) is 3. The van der Waals surface area contributed by atoms with Crippen molar-refractivity contribution in [2.24, 2.45) is 0 Å². The highest BCUT2D eigenvalue weighted by Gasteiger charge is 2.42. The average molecular weight is 381 g/mol. The van der Waals surface area contributed by atoms with Crippen LogP contribution < -0.4 is 5.32 Å². The van der Waals surface area contributed by atoms with Crippen LogP contribution in [0.4, 0.5) is 5.82 Å². The first kappa shape index (κ1) is 20.3. The van der Waals surface area contributed by atoms with E-state index in [9.17, 15) is 4.79 Å². The molecular weight excluding hydrogens is 369 g/mol. The fourth-order valence-electron chi connectivity index (χ4n) is 2.60. The second kappa shape index (κ2) is 7.51. The van der Waals surface area contributed by atoms with E-state index in [0.29, 0.717) is 21.8 Å². The van der Waals surface area contributed by atoms with Gasteiger partial charge in [0.25, 0.3) is 0 Å². The largest absolute Gasteiger partial charge is 0.310 e. The second-order valence-electron chi connectivity index (χ2n) is 6.40. The van der Waals surface area contributed by atoms with Crippen LogP contribution in [0.5, 0.6) is 0 Å². The van der Waals surface area contributed by atoms with Gasteiger partial charge in [-0.15, -0.1) is 0 Å². The van der Waals surface area contributed by atoms with Gasteiger partial charge in [-0.25, -0.2) is 0 Å². The van der Waals surface area contributed by atoms with Crippen molar-refractivity contribution in [1.82, 2.24) is 20.4 Å². The molecule has 0 aliphatic carbocycles. The van der Waals surface area contributed by atoms with E-state index >= 15 is 0 Å². The van der Waals surface area contributed by atoms with Gasteiger partial charge >= 0.3 is 0 Å². The lowest BCUT2D eigenvalue weighted by Crippen LogP contribution is -2.50. The molecule has 8 radical (unpaired) electrons. The zero-order valence-corrected chi connectivity index (χ0v) is 15.7. The highest BCUT2D eigenvalue weighted by atomic mass is 35.5. The third-order valence-corrected chi connectivity index (χ3v) is 4.75. The number of hydrogen-bond donors (Lipinski definition) is 2. The summed E-state index contributed by atoms with van der Waals surface area (Å²) in [5.74, 6) is -0.564. The number of H-pyrrole nitrogens is 1. The molecule has 2 N–H and O–H groups in total. The molecule has 0 unspecified atom stereocenters. The van der Waals surface area contributed by atoms with Crippen molar-refractivity contribution >= 4 is 54.7 Å². The fourth-order valence-corrected chi connectivity index (χ4v) is 2.73. The molecule has 0 saturated carbocycles. The second-order valence-corrected chi connectivity index (χ2v) is 6.84. The molecule has 28 heavy (non-hydrogen) atoms. The minimum Gasteiger partial charge on any atom is -0.310 e. The quantitative estimate of drug-likeness (QED) is 0.655. The van der Waals surface area contributed by atoms with Crippen molar-refractivity contribution in [3.8, 4) is 11.3 Å². The van der Waals surface area contributed by atoms with E-state index in [-0.39, 0.29) is 5.82 Å². The van der Waals surface area contributed by atoms with E-state index in [4.69, 9.17) is 43.0 Å². The third-order valence-electron chi connectivity index (χ3n) is 4.50. The highest BCUT2D eigenvalue weighted by Crippen LogP contribution is 2.39. The molecule has 1 amide bonds. The smallest absolute Gasteiger partial charge is 0.214 e. The first-order chi connectivity index (χ1) is 13.1. The lowest BCUT2D eigenvalue weighted by atomic mass is 9.28. The molecule has 3 aromatic rings. The molecule has 0 saturated heterocycles. The van der Waals surface area contributed by atoms with E-state index in [1.54, 1.807) is 49.6 Å². The van der Waals surface area contributed by atoms with E-state index in [0.717, 1.165) is 5.56 Å². The highest BCUT2D eigenvalue weighted by molar-refractivity contribution is 6.62. The summed E-state index contributed by atoms with van der Waals surface area (Å²) in [4.78, 5) is 12.8. The Kier molecular flexibility index (Phi) is 5.44. The molecule has 0 atom stereocenters. The Hall–Kier alpha value is -2.47. The van der Waals surface area contributed by atoms with Gasteiger partial charge in [-0.2, -0.15) is 15.3 Å². The standard InChI is InChI=1S/C17H12B4ClN5O/c1-9-13(10-6-7-23-24-8-10)26-27-14(9)25-15(28)17(20,21)16(18,19)11-2-4-12(22)5-3-11/h2-8H,1H3,(H2,25,26,27,28). The van der Waals surface area contributed by atoms with Crippen LogP contribution in [0.25, 0.3) is 11.3 Å². The van der Waals surface area contributed by atoms with Crippen LogP contribution in [-0.4, -0.2) is 57.7 Å².